The second-order valence-corrected chi connectivity index (χ2v) is 8.62. The lowest BCUT2D eigenvalue weighted by molar-refractivity contribution is -0.140. The maximum absolute atomic E-state index is 13.0. The lowest BCUT2D eigenvalue weighted by Gasteiger charge is -2.39. The van der Waals surface area contributed by atoms with Crippen LogP contribution in [0, 0.1) is 5.41 Å². The molecular weight excluding hydrogens is 354 g/mol. The summed E-state index contributed by atoms with van der Waals surface area (Å²) in [7, 11) is 2.07. The number of carbonyl (C=O) groups excluding carboxylic acids is 2. The second kappa shape index (κ2) is 8.21. The van der Waals surface area contributed by atoms with Gasteiger partial charge in [0.2, 0.25) is 11.8 Å². The van der Waals surface area contributed by atoms with E-state index >= 15 is 0 Å². The highest BCUT2D eigenvalue weighted by Crippen LogP contribution is 2.43. The summed E-state index contributed by atoms with van der Waals surface area (Å²) in [5.74, 6) is 0.471. The summed E-state index contributed by atoms with van der Waals surface area (Å²) in [5, 5.41) is 0. The summed E-state index contributed by atoms with van der Waals surface area (Å²) >= 11 is 0. The minimum atomic E-state index is -0.0235. The van der Waals surface area contributed by atoms with E-state index in [1.807, 2.05) is 40.1 Å². The van der Waals surface area contributed by atoms with Crippen LogP contribution < -0.4 is 0 Å². The molecule has 0 aromatic heterocycles. The first-order valence-electron chi connectivity index (χ1n) is 10.4. The van der Waals surface area contributed by atoms with Crippen molar-refractivity contribution in [2.45, 2.75) is 31.7 Å². The van der Waals surface area contributed by atoms with Crippen LogP contribution in [0.25, 0.3) is 0 Å². The van der Waals surface area contributed by atoms with Crippen LogP contribution in [-0.2, 0) is 20.7 Å². The summed E-state index contributed by atoms with van der Waals surface area (Å²) in [5.41, 5.74) is 1.25. The van der Waals surface area contributed by atoms with Crippen LogP contribution in [0.15, 0.2) is 30.3 Å². The molecule has 6 heteroatoms. The lowest BCUT2D eigenvalue weighted by atomic mass is 9.76. The number of morpholine rings is 1. The molecular formula is C22H31N3O3. The smallest absolute Gasteiger partial charge is 0.240 e. The maximum atomic E-state index is 13.0. The SMILES string of the molecule is CN1CC2(CCN(C(=O)Cc3ccccc3)CC2)CC1C(=O)N1CCOCC1. The number of hydrogen-bond acceptors (Lipinski definition) is 4. The Bertz CT molecular complexity index is 694. The maximum Gasteiger partial charge on any atom is 0.240 e. The van der Waals surface area contributed by atoms with E-state index in [1.165, 1.54) is 0 Å². The van der Waals surface area contributed by atoms with Crippen molar-refractivity contribution in [1.82, 2.24) is 14.7 Å². The highest BCUT2D eigenvalue weighted by molar-refractivity contribution is 5.82. The third-order valence-corrected chi connectivity index (χ3v) is 6.73. The predicted molar refractivity (Wildman–Crippen MR) is 107 cm³/mol. The quantitative estimate of drug-likeness (QED) is 0.789. The standard InChI is InChI=1S/C22H31N3O3/c1-23-17-22(16-19(23)21(27)25-11-13-28-14-12-25)7-9-24(10-8-22)20(26)15-18-5-3-2-4-6-18/h2-6,19H,7-17H2,1H3. The number of benzene rings is 1. The molecule has 3 aliphatic rings. The van der Waals surface area contributed by atoms with Gasteiger partial charge in [0.05, 0.1) is 25.7 Å². The van der Waals surface area contributed by atoms with E-state index < -0.39 is 0 Å². The third-order valence-electron chi connectivity index (χ3n) is 6.73. The fourth-order valence-electron chi connectivity index (χ4n) is 5.02. The zero-order valence-corrected chi connectivity index (χ0v) is 16.8. The van der Waals surface area contributed by atoms with Crippen LogP contribution in [0.5, 0.6) is 0 Å². The lowest BCUT2D eigenvalue weighted by Crippen LogP contribution is -2.48. The molecule has 3 saturated heterocycles. The van der Waals surface area contributed by atoms with Crippen molar-refractivity contribution in [1.29, 1.82) is 0 Å². The summed E-state index contributed by atoms with van der Waals surface area (Å²) in [6.07, 6.45) is 3.38. The first kappa shape index (κ1) is 19.4. The van der Waals surface area contributed by atoms with Crippen molar-refractivity contribution in [2.75, 3.05) is 53.0 Å². The zero-order valence-electron chi connectivity index (χ0n) is 16.8. The second-order valence-electron chi connectivity index (χ2n) is 8.62. The van der Waals surface area contributed by atoms with E-state index in [-0.39, 0.29) is 23.3 Å². The van der Waals surface area contributed by atoms with Crippen LogP contribution in [0.1, 0.15) is 24.8 Å². The number of nitrogens with zero attached hydrogens (tertiary/aromatic N) is 3. The molecule has 3 heterocycles. The van der Waals surface area contributed by atoms with Gasteiger partial charge in [0, 0.05) is 32.7 Å². The highest BCUT2D eigenvalue weighted by atomic mass is 16.5. The molecule has 0 aliphatic carbocycles. The Morgan fingerprint density at radius 1 is 1.04 bits per heavy atom. The number of rotatable bonds is 3. The van der Waals surface area contributed by atoms with Crippen LogP contribution in [0.3, 0.4) is 0 Å². The molecule has 1 atom stereocenters. The Balaban J connectivity index is 1.32. The van der Waals surface area contributed by atoms with Crippen LogP contribution in [-0.4, -0.2) is 85.5 Å². The molecule has 3 aliphatic heterocycles. The van der Waals surface area contributed by atoms with Gasteiger partial charge in [-0.25, -0.2) is 0 Å². The molecule has 1 aromatic carbocycles. The summed E-state index contributed by atoms with van der Waals surface area (Å²) in [6.45, 7) is 5.26. The van der Waals surface area contributed by atoms with Crippen molar-refractivity contribution in [3.63, 3.8) is 0 Å². The zero-order chi connectivity index (χ0) is 19.6. The molecule has 6 nitrogen and oxygen atoms in total. The number of carbonyl (C=O) groups is 2. The predicted octanol–water partition coefficient (Wildman–Crippen LogP) is 1.40. The normalized spacial score (nSPS) is 25.2. The van der Waals surface area contributed by atoms with Gasteiger partial charge in [0.25, 0.3) is 0 Å². The topological polar surface area (TPSA) is 53.1 Å². The average Bonchev–Trinajstić information content (AvgIpc) is 3.05. The molecule has 1 unspecified atom stereocenters. The number of likely N-dealkylation sites (N-methyl/N-ethyl adjacent to an activating group) is 1. The van der Waals surface area contributed by atoms with E-state index in [9.17, 15) is 9.59 Å². The fraction of sp³-hybridized carbons (Fsp3) is 0.636. The number of likely N-dealkylation sites (tertiary alicyclic amines) is 2. The number of amides is 2. The Labute approximate surface area is 167 Å². The van der Waals surface area contributed by atoms with Crippen molar-refractivity contribution < 1.29 is 14.3 Å². The number of hydrogen-bond donors (Lipinski definition) is 0. The molecule has 1 aromatic rings. The van der Waals surface area contributed by atoms with E-state index in [0.29, 0.717) is 32.7 Å². The minimum Gasteiger partial charge on any atom is -0.378 e. The first-order valence-corrected chi connectivity index (χ1v) is 10.4. The van der Waals surface area contributed by atoms with Crippen molar-refractivity contribution in [2.24, 2.45) is 5.41 Å². The van der Waals surface area contributed by atoms with Gasteiger partial charge >= 0.3 is 0 Å². The highest BCUT2D eigenvalue weighted by Gasteiger charge is 2.47. The van der Waals surface area contributed by atoms with Gasteiger partial charge in [-0.2, -0.15) is 0 Å². The van der Waals surface area contributed by atoms with Crippen LogP contribution >= 0.6 is 0 Å². The van der Waals surface area contributed by atoms with E-state index in [4.69, 9.17) is 4.74 Å². The Morgan fingerprint density at radius 2 is 1.71 bits per heavy atom. The Kier molecular flexibility index (Phi) is 5.69. The van der Waals surface area contributed by atoms with Gasteiger partial charge in [0.1, 0.15) is 0 Å². The van der Waals surface area contributed by atoms with Crippen molar-refractivity contribution in [3.8, 4) is 0 Å². The fourth-order valence-corrected chi connectivity index (χ4v) is 5.02. The monoisotopic (exact) mass is 385 g/mol. The molecule has 0 bridgehead atoms. The van der Waals surface area contributed by atoms with Gasteiger partial charge in [-0.1, -0.05) is 30.3 Å². The number of piperidine rings is 1. The van der Waals surface area contributed by atoms with Crippen LogP contribution in [0.2, 0.25) is 0 Å². The van der Waals surface area contributed by atoms with Crippen molar-refractivity contribution >= 4 is 11.8 Å². The summed E-state index contributed by atoms with van der Waals surface area (Å²) < 4.78 is 5.38. The molecule has 3 fully saturated rings. The molecule has 1 spiro atoms. The average molecular weight is 386 g/mol. The van der Waals surface area contributed by atoms with Gasteiger partial charge in [-0.05, 0) is 37.3 Å². The molecule has 152 valence electrons. The first-order chi connectivity index (χ1) is 13.6. The van der Waals surface area contributed by atoms with Gasteiger partial charge in [-0.3, -0.25) is 14.5 Å². The molecule has 2 amide bonds. The molecule has 0 radical (unpaired) electrons. The Morgan fingerprint density at radius 3 is 2.39 bits per heavy atom. The van der Waals surface area contributed by atoms with Gasteiger partial charge in [0.15, 0.2) is 0 Å². The van der Waals surface area contributed by atoms with Gasteiger partial charge < -0.3 is 14.5 Å². The van der Waals surface area contributed by atoms with Crippen LogP contribution in [0.4, 0.5) is 0 Å². The summed E-state index contributed by atoms with van der Waals surface area (Å²) in [4.78, 5) is 31.8. The minimum absolute atomic E-state index is 0.0235. The molecule has 4 rings (SSSR count). The Hall–Kier alpha value is -1.92. The van der Waals surface area contributed by atoms with E-state index in [1.54, 1.807) is 0 Å². The number of ether oxygens (including phenoxy) is 1. The molecule has 0 saturated carbocycles. The van der Waals surface area contributed by atoms with Gasteiger partial charge in [-0.15, -0.1) is 0 Å². The molecule has 0 N–H and O–H groups in total. The third kappa shape index (κ3) is 4.08. The van der Waals surface area contributed by atoms with Crippen molar-refractivity contribution in [3.05, 3.63) is 35.9 Å². The summed E-state index contributed by atoms with van der Waals surface area (Å²) in [6, 6.07) is 9.93. The van der Waals surface area contributed by atoms with E-state index in [0.717, 1.165) is 44.5 Å². The van der Waals surface area contributed by atoms with E-state index in [2.05, 4.69) is 11.9 Å². The largest absolute Gasteiger partial charge is 0.378 e. The molecule has 28 heavy (non-hydrogen) atoms.